The van der Waals surface area contributed by atoms with E-state index in [1.807, 2.05) is 23.1 Å². The Balaban J connectivity index is 1.84. The van der Waals surface area contributed by atoms with Crippen LogP contribution in [0.15, 0.2) is 18.2 Å². The summed E-state index contributed by atoms with van der Waals surface area (Å²) in [5.41, 5.74) is 1.06. The van der Waals surface area contributed by atoms with Gasteiger partial charge in [0.1, 0.15) is 11.5 Å². The van der Waals surface area contributed by atoms with Crippen molar-refractivity contribution in [2.75, 3.05) is 40.4 Å². The van der Waals surface area contributed by atoms with Crippen molar-refractivity contribution in [1.29, 1.82) is 0 Å². The van der Waals surface area contributed by atoms with E-state index in [9.17, 15) is 9.59 Å². The third-order valence-corrected chi connectivity index (χ3v) is 4.39. The average Bonchev–Trinajstić information content (AvgIpc) is 2.61. The van der Waals surface area contributed by atoms with E-state index in [0.29, 0.717) is 25.9 Å². The first-order valence-electron chi connectivity index (χ1n) is 8.46. The van der Waals surface area contributed by atoms with Gasteiger partial charge in [-0.15, -0.1) is 0 Å². The van der Waals surface area contributed by atoms with Crippen molar-refractivity contribution >= 4 is 11.9 Å². The number of piperazine rings is 1. The fraction of sp³-hybridized carbons (Fsp3) is 0.556. The van der Waals surface area contributed by atoms with Crippen molar-refractivity contribution in [2.24, 2.45) is 0 Å². The van der Waals surface area contributed by atoms with Gasteiger partial charge in [-0.2, -0.15) is 0 Å². The minimum absolute atomic E-state index is 0.0415. The number of benzene rings is 1. The van der Waals surface area contributed by atoms with Crippen LogP contribution in [-0.2, 0) is 16.1 Å². The summed E-state index contributed by atoms with van der Waals surface area (Å²) < 4.78 is 10.7. The largest absolute Gasteiger partial charge is 0.497 e. The summed E-state index contributed by atoms with van der Waals surface area (Å²) in [6.07, 6.45) is 0.743. The Labute approximate surface area is 148 Å². The fourth-order valence-electron chi connectivity index (χ4n) is 2.95. The van der Waals surface area contributed by atoms with Crippen LogP contribution < -0.4 is 9.47 Å². The summed E-state index contributed by atoms with van der Waals surface area (Å²) in [7, 11) is 3.29. The lowest BCUT2D eigenvalue weighted by atomic mass is 10.1. The molecule has 1 fully saturated rings. The highest BCUT2D eigenvalue weighted by atomic mass is 16.5. The summed E-state index contributed by atoms with van der Waals surface area (Å²) in [6, 6.07) is 5.74. The highest BCUT2D eigenvalue weighted by molar-refractivity contribution is 5.77. The van der Waals surface area contributed by atoms with E-state index in [4.69, 9.17) is 14.6 Å². The van der Waals surface area contributed by atoms with Crippen LogP contribution in [0.1, 0.15) is 24.8 Å². The van der Waals surface area contributed by atoms with E-state index in [1.54, 1.807) is 14.2 Å². The molecule has 0 bridgehead atoms. The standard InChI is InChI=1S/C18H26N2O5/c1-24-15-6-7-16(25-2)14(12-15)13-19-8-10-20(11-9-19)17(21)4-3-5-18(22)23/h6-7,12H,3-5,8-11,13H2,1-2H3,(H,22,23). The first kappa shape index (κ1) is 19.1. The van der Waals surface area contributed by atoms with E-state index in [0.717, 1.165) is 36.7 Å². The van der Waals surface area contributed by atoms with Gasteiger partial charge in [0.25, 0.3) is 0 Å². The number of rotatable bonds is 8. The van der Waals surface area contributed by atoms with Gasteiger partial charge in [-0.25, -0.2) is 0 Å². The quantitative estimate of drug-likeness (QED) is 0.767. The van der Waals surface area contributed by atoms with Gasteiger partial charge in [0.15, 0.2) is 0 Å². The molecule has 0 unspecified atom stereocenters. The minimum Gasteiger partial charge on any atom is -0.497 e. The zero-order valence-electron chi connectivity index (χ0n) is 14.9. The maximum atomic E-state index is 12.1. The van der Waals surface area contributed by atoms with Gasteiger partial charge < -0.3 is 19.5 Å². The van der Waals surface area contributed by atoms with Crippen LogP contribution in [0.2, 0.25) is 0 Å². The van der Waals surface area contributed by atoms with Crippen LogP contribution in [0, 0.1) is 0 Å². The molecule has 138 valence electrons. The predicted molar refractivity (Wildman–Crippen MR) is 92.9 cm³/mol. The first-order valence-corrected chi connectivity index (χ1v) is 8.46. The van der Waals surface area contributed by atoms with Gasteiger partial charge in [-0.05, 0) is 24.6 Å². The molecular weight excluding hydrogens is 324 g/mol. The Morgan fingerprint density at radius 1 is 1.08 bits per heavy atom. The molecule has 1 saturated heterocycles. The van der Waals surface area contributed by atoms with Crippen molar-refractivity contribution in [3.05, 3.63) is 23.8 Å². The summed E-state index contributed by atoms with van der Waals surface area (Å²) in [5.74, 6) is 0.806. The lowest BCUT2D eigenvalue weighted by Gasteiger charge is -2.35. The van der Waals surface area contributed by atoms with Crippen molar-refractivity contribution in [1.82, 2.24) is 9.80 Å². The number of carboxylic acids is 1. The van der Waals surface area contributed by atoms with Crippen LogP contribution in [0.4, 0.5) is 0 Å². The molecular formula is C18H26N2O5. The Bertz CT molecular complexity index is 597. The summed E-state index contributed by atoms with van der Waals surface area (Å²) >= 11 is 0. The summed E-state index contributed by atoms with van der Waals surface area (Å²) in [4.78, 5) is 26.7. The van der Waals surface area contributed by atoms with E-state index < -0.39 is 5.97 Å². The van der Waals surface area contributed by atoms with E-state index >= 15 is 0 Å². The monoisotopic (exact) mass is 350 g/mol. The molecule has 7 heteroatoms. The van der Waals surface area contributed by atoms with E-state index in [1.165, 1.54) is 0 Å². The molecule has 1 aromatic rings. The number of amides is 1. The number of carboxylic acid groups (broad SMARTS) is 1. The molecule has 1 N–H and O–H groups in total. The molecule has 0 atom stereocenters. The normalized spacial score (nSPS) is 15.0. The zero-order chi connectivity index (χ0) is 18.2. The van der Waals surface area contributed by atoms with E-state index in [2.05, 4.69) is 4.90 Å². The summed E-state index contributed by atoms with van der Waals surface area (Å²) in [5, 5.41) is 8.64. The third-order valence-electron chi connectivity index (χ3n) is 4.39. The number of carbonyl (C=O) groups is 2. The molecule has 0 aromatic heterocycles. The first-order chi connectivity index (χ1) is 12.0. The van der Waals surface area contributed by atoms with Gasteiger partial charge in [0.2, 0.25) is 5.91 Å². The number of aliphatic carboxylic acids is 1. The molecule has 1 heterocycles. The second-order valence-corrected chi connectivity index (χ2v) is 6.08. The molecule has 0 saturated carbocycles. The molecule has 0 aliphatic carbocycles. The van der Waals surface area contributed by atoms with Gasteiger partial charge in [0, 0.05) is 51.1 Å². The smallest absolute Gasteiger partial charge is 0.303 e. The topological polar surface area (TPSA) is 79.3 Å². The van der Waals surface area contributed by atoms with Gasteiger partial charge in [0.05, 0.1) is 14.2 Å². The molecule has 2 rings (SSSR count). The SMILES string of the molecule is COc1ccc(OC)c(CN2CCN(C(=O)CCCC(=O)O)CC2)c1. The van der Waals surface area contributed by atoms with Crippen LogP contribution in [-0.4, -0.2) is 67.2 Å². The maximum Gasteiger partial charge on any atom is 0.303 e. The number of carbonyl (C=O) groups excluding carboxylic acids is 1. The second-order valence-electron chi connectivity index (χ2n) is 6.08. The predicted octanol–water partition coefficient (Wildman–Crippen LogP) is 1.60. The number of ether oxygens (including phenoxy) is 2. The summed E-state index contributed by atoms with van der Waals surface area (Å²) in [6.45, 7) is 3.63. The molecule has 0 radical (unpaired) electrons. The van der Waals surface area contributed by atoms with Crippen molar-refractivity contribution < 1.29 is 24.2 Å². The maximum absolute atomic E-state index is 12.1. The van der Waals surface area contributed by atoms with Crippen LogP contribution in [0.3, 0.4) is 0 Å². The second kappa shape index (κ2) is 9.27. The van der Waals surface area contributed by atoms with Crippen molar-refractivity contribution in [3.8, 4) is 11.5 Å². The molecule has 1 aliphatic heterocycles. The Morgan fingerprint density at radius 2 is 1.80 bits per heavy atom. The average molecular weight is 350 g/mol. The molecule has 1 aliphatic rings. The van der Waals surface area contributed by atoms with E-state index in [-0.39, 0.29) is 12.3 Å². The van der Waals surface area contributed by atoms with Crippen molar-refractivity contribution in [3.63, 3.8) is 0 Å². The Hall–Kier alpha value is -2.28. The molecule has 25 heavy (non-hydrogen) atoms. The van der Waals surface area contributed by atoms with Crippen molar-refractivity contribution in [2.45, 2.75) is 25.8 Å². The van der Waals surface area contributed by atoms with Gasteiger partial charge in [-0.3, -0.25) is 14.5 Å². The zero-order valence-corrected chi connectivity index (χ0v) is 14.9. The lowest BCUT2D eigenvalue weighted by Crippen LogP contribution is -2.48. The van der Waals surface area contributed by atoms with Crippen LogP contribution in [0.25, 0.3) is 0 Å². The number of methoxy groups -OCH3 is 2. The van der Waals surface area contributed by atoms with Crippen LogP contribution >= 0.6 is 0 Å². The molecule has 1 amide bonds. The fourth-order valence-corrected chi connectivity index (χ4v) is 2.95. The third kappa shape index (κ3) is 5.63. The highest BCUT2D eigenvalue weighted by Crippen LogP contribution is 2.25. The number of hydrogen-bond acceptors (Lipinski definition) is 5. The van der Waals surface area contributed by atoms with Gasteiger partial charge in [-0.1, -0.05) is 0 Å². The lowest BCUT2D eigenvalue weighted by molar-refractivity contribution is -0.137. The van der Waals surface area contributed by atoms with Crippen LogP contribution in [0.5, 0.6) is 11.5 Å². The Kier molecular flexibility index (Phi) is 7.06. The Morgan fingerprint density at radius 3 is 2.40 bits per heavy atom. The minimum atomic E-state index is -0.857. The number of nitrogens with zero attached hydrogens (tertiary/aromatic N) is 2. The molecule has 7 nitrogen and oxygen atoms in total. The molecule has 1 aromatic carbocycles. The highest BCUT2D eigenvalue weighted by Gasteiger charge is 2.21. The number of hydrogen-bond donors (Lipinski definition) is 1. The molecule has 0 spiro atoms. The van der Waals surface area contributed by atoms with Gasteiger partial charge >= 0.3 is 5.97 Å².